The van der Waals surface area contributed by atoms with Crippen molar-refractivity contribution in [3.8, 4) is 0 Å². The fourth-order valence-electron chi connectivity index (χ4n) is 1.07. The van der Waals surface area contributed by atoms with Crippen molar-refractivity contribution < 1.29 is 4.74 Å². The van der Waals surface area contributed by atoms with E-state index >= 15 is 0 Å². The average molecular weight is 186 g/mol. The summed E-state index contributed by atoms with van der Waals surface area (Å²) in [5.74, 6) is 5.53. The molecule has 0 amide bonds. The predicted octanol–water partition coefficient (Wildman–Crippen LogP) is 0.220. The molecule has 1 fully saturated rings. The number of aromatic nitrogens is 3. The van der Waals surface area contributed by atoms with Gasteiger partial charge in [-0.3, -0.25) is 0 Å². The van der Waals surface area contributed by atoms with Gasteiger partial charge in [0.25, 0.3) is 0 Å². The summed E-state index contributed by atoms with van der Waals surface area (Å²) in [6.45, 7) is 0.844. The maximum absolute atomic E-state index is 5.53. The van der Waals surface area contributed by atoms with Crippen LogP contribution in [0, 0.1) is 0 Å². The Morgan fingerprint density at radius 3 is 3.25 bits per heavy atom. The average Bonchev–Trinajstić information content (AvgIpc) is 2.65. The highest BCUT2D eigenvalue weighted by Gasteiger charge is 2.18. The van der Waals surface area contributed by atoms with Crippen LogP contribution < -0.4 is 5.84 Å². The molecule has 1 aromatic heterocycles. The minimum absolute atomic E-state index is 0.205. The molecule has 0 saturated carbocycles. The first-order valence-electron chi connectivity index (χ1n) is 3.79. The number of nitrogens with zero attached hydrogens (tertiary/aromatic N) is 3. The highest BCUT2D eigenvalue weighted by Crippen LogP contribution is 2.28. The maximum Gasteiger partial charge on any atom is 0.212 e. The lowest BCUT2D eigenvalue weighted by molar-refractivity contribution is 0.173. The molecule has 1 aliphatic rings. The van der Waals surface area contributed by atoms with E-state index < -0.39 is 0 Å². The number of hydrogen-bond donors (Lipinski definition) is 1. The molecule has 0 aliphatic carbocycles. The van der Waals surface area contributed by atoms with E-state index in [1.54, 1.807) is 0 Å². The molecule has 1 unspecified atom stereocenters. The van der Waals surface area contributed by atoms with Crippen LogP contribution in [-0.2, 0) is 4.74 Å². The van der Waals surface area contributed by atoms with Gasteiger partial charge in [-0.05, 0) is 12.8 Å². The molecular formula is C6H10N4OS. The maximum atomic E-state index is 5.53. The number of nitrogen functional groups attached to an aromatic ring is 1. The molecule has 12 heavy (non-hydrogen) atoms. The molecule has 2 rings (SSSR count). The fourth-order valence-corrected chi connectivity index (χ4v) is 2.02. The summed E-state index contributed by atoms with van der Waals surface area (Å²) in [7, 11) is 0. The Bertz CT molecular complexity index is 258. The highest BCUT2D eigenvalue weighted by atomic mass is 32.2. The second-order valence-electron chi connectivity index (χ2n) is 2.58. The standard InChI is InChI=1S/C6H10N4OS/c7-10-4-8-9-6(10)12-5-2-1-3-11-5/h4-5H,1-3,7H2. The first kappa shape index (κ1) is 7.88. The van der Waals surface area contributed by atoms with Crippen molar-refractivity contribution in [2.24, 2.45) is 0 Å². The fraction of sp³-hybridized carbons (Fsp3) is 0.667. The normalized spacial score (nSPS) is 23.2. The topological polar surface area (TPSA) is 66.0 Å². The number of rotatable bonds is 2. The second kappa shape index (κ2) is 3.32. The Morgan fingerprint density at radius 2 is 2.67 bits per heavy atom. The third-order valence-corrected chi connectivity index (χ3v) is 2.80. The number of ether oxygens (including phenoxy) is 1. The zero-order valence-corrected chi connectivity index (χ0v) is 7.33. The van der Waals surface area contributed by atoms with Crippen LogP contribution in [0.1, 0.15) is 12.8 Å². The molecule has 66 valence electrons. The molecule has 1 aromatic rings. The first-order valence-corrected chi connectivity index (χ1v) is 4.67. The lowest BCUT2D eigenvalue weighted by atomic mass is 10.4. The van der Waals surface area contributed by atoms with Gasteiger partial charge in [-0.15, -0.1) is 10.2 Å². The summed E-state index contributed by atoms with van der Waals surface area (Å²) in [6.07, 6.45) is 3.67. The molecule has 0 spiro atoms. The van der Waals surface area contributed by atoms with E-state index in [0.717, 1.165) is 19.4 Å². The van der Waals surface area contributed by atoms with Crippen LogP contribution >= 0.6 is 11.8 Å². The number of thioether (sulfide) groups is 1. The zero-order chi connectivity index (χ0) is 8.39. The van der Waals surface area contributed by atoms with E-state index in [0.29, 0.717) is 5.16 Å². The monoisotopic (exact) mass is 186 g/mol. The molecular weight excluding hydrogens is 176 g/mol. The Balaban J connectivity index is 1.98. The molecule has 2 heterocycles. The lowest BCUT2D eigenvalue weighted by Gasteiger charge is -2.06. The van der Waals surface area contributed by atoms with Gasteiger partial charge >= 0.3 is 0 Å². The minimum atomic E-state index is 0.205. The Labute approximate surface area is 74.3 Å². The quantitative estimate of drug-likeness (QED) is 0.669. The molecule has 0 aromatic carbocycles. The van der Waals surface area contributed by atoms with Gasteiger partial charge in [-0.1, -0.05) is 11.8 Å². The van der Waals surface area contributed by atoms with Gasteiger partial charge in [0, 0.05) is 6.61 Å². The molecule has 0 radical (unpaired) electrons. The van der Waals surface area contributed by atoms with Gasteiger partial charge in [0.1, 0.15) is 11.8 Å². The van der Waals surface area contributed by atoms with E-state index in [9.17, 15) is 0 Å². The van der Waals surface area contributed by atoms with Gasteiger partial charge < -0.3 is 10.6 Å². The van der Waals surface area contributed by atoms with Gasteiger partial charge in [0.2, 0.25) is 5.16 Å². The summed E-state index contributed by atoms with van der Waals surface area (Å²) in [5.41, 5.74) is 0.205. The third-order valence-electron chi connectivity index (χ3n) is 1.66. The molecule has 1 atom stereocenters. The summed E-state index contributed by atoms with van der Waals surface area (Å²) >= 11 is 1.53. The molecule has 1 saturated heterocycles. The van der Waals surface area contributed by atoms with Crippen molar-refractivity contribution in [2.75, 3.05) is 12.4 Å². The third kappa shape index (κ3) is 1.54. The summed E-state index contributed by atoms with van der Waals surface area (Å²) in [5, 5.41) is 8.24. The van der Waals surface area contributed by atoms with Crippen molar-refractivity contribution in [3.05, 3.63) is 6.33 Å². The Kier molecular flexibility index (Phi) is 2.18. The SMILES string of the molecule is Nn1cnnc1SC1CCCO1. The predicted molar refractivity (Wildman–Crippen MR) is 45.0 cm³/mol. The van der Waals surface area contributed by atoms with Crippen LogP contribution in [0.3, 0.4) is 0 Å². The first-order chi connectivity index (χ1) is 5.86. The van der Waals surface area contributed by atoms with Crippen molar-refractivity contribution in [2.45, 2.75) is 23.4 Å². The molecule has 2 N–H and O–H groups in total. The largest absolute Gasteiger partial charge is 0.367 e. The van der Waals surface area contributed by atoms with E-state index in [-0.39, 0.29) is 5.44 Å². The highest BCUT2D eigenvalue weighted by molar-refractivity contribution is 7.99. The lowest BCUT2D eigenvalue weighted by Crippen LogP contribution is -2.10. The van der Waals surface area contributed by atoms with Gasteiger partial charge in [0.15, 0.2) is 0 Å². The minimum Gasteiger partial charge on any atom is -0.367 e. The zero-order valence-electron chi connectivity index (χ0n) is 6.51. The van der Waals surface area contributed by atoms with Crippen molar-refractivity contribution >= 4 is 11.8 Å². The van der Waals surface area contributed by atoms with Crippen LogP contribution in [0.4, 0.5) is 0 Å². The molecule has 5 nitrogen and oxygen atoms in total. The Hall–Kier alpha value is -0.750. The van der Waals surface area contributed by atoms with Gasteiger partial charge in [0.05, 0.1) is 0 Å². The van der Waals surface area contributed by atoms with Crippen LogP contribution in [-0.4, -0.2) is 26.9 Å². The van der Waals surface area contributed by atoms with Crippen molar-refractivity contribution in [1.82, 2.24) is 14.9 Å². The summed E-state index contributed by atoms with van der Waals surface area (Å²) in [6, 6.07) is 0. The van der Waals surface area contributed by atoms with Crippen LogP contribution in [0.15, 0.2) is 11.5 Å². The summed E-state index contributed by atoms with van der Waals surface area (Å²) in [4.78, 5) is 0. The summed E-state index contributed by atoms with van der Waals surface area (Å²) < 4.78 is 6.82. The Morgan fingerprint density at radius 1 is 1.75 bits per heavy atom. The number of hydrogen-bond acceptors (Lipinski definition) is 5. The number of nitrogens with two attached hydrogens (primary N) is 1. The second-order valence-corrected chi connectivity index (χ2v) is 3.71. The van der Waals surface area contributed by atoms with Crippen LogP contribution in [0.5, 0.6) is 0 Å². The van der Waals surface area contributed by atoms with Crippen LogP contribution in [0.2, 0.25) is 0 Å². The van der Waals surface area contributed by atoms with E-state index in [2.05, 4.69) is 10.2 Å². The van der Waals surface area contributed by atoms with E-state index in [1.165, 1.54) is 22.8 Å². The molecule has 1 aliphatic heterocycles. The van der Waals surface area contributed by atoms with E-state index in [1.807, 2.05) is 0 Å². The van der Waals surface area contributed by atoms with Gasteiger partial charge in [-0.25, -0.2) is 4.68 Å². The smallest absolute Gasteiger partial charge is 0.212 e. The van der Waals surface area contributed by atoms with Crippen molar-refractivity contribution in [3.63, 3.8) is 0 Å². The van der Waals surface area contributed by atoms with Crippen LogP contribution in [0.25, 0.3) is 0 Å². The molecule has 0 bridgehead atoms. The van der Waals surface area contributed by atoms with Crippen molar-refractivity contribution in [1.29, 1.82) is 0 Å². The molecule has 6 heteroatoms. The van der Waals surface area contributed by atoms with Gasteiger partial charge in [-0.2, -0.15) is 0 Å². The van der Waals surface area contributed by atoms with E-state index in [4.69, 9.17) is 10.6 Å².